The fourth-order valence-electron chi connectivity index (χ4n) is 1.75. The molecule has 0 radical (unpaired) electrons. The van der Waals surface area contributed by atoms with E-state index in [4.69, 9.17) is 0 Å². The molecule has 0 amide bonds. The summed E-state index contributed by atoms with van der Waals surface area (Å²) in [6.45, 7) is 8.19. The van der Waals surface area contributed by atoms with E-state index in [1.54, 1.807) is 0 Å². The molecule has 3 unspecified atom stereocenters. The van der Waals surface area contributed by atoms with Crippen LogP contribution in [0.2, 0.25) is 0 Å². The van der Waals surface area contributed by atoms with Crippen LogP contribution in [0.25, 0.3) is 0 Å². The van der Waals surface area contributed by atoms with E-state index >= 15 is 0 Å². The summed E-state index contributed by atoms with van der Waals surface area (Å²) in [6.07, 6.45) is 0.999. The van der Waals surface area contributed by atoms with Gasteiger partial charge in [-0.25, -0.2) is 8.51 Å². The summed E-state index contributed by atoms with van der Waals surface area (Å²) in [5.74, 6) is 0.805. The molecule has 13 heavy (non-hydrogen) atoms. The van der Waals surface area contributed by atoms with Crippen molar-refractivity contribution in [2.75, 3.05) is 18.8 Å². The van der Waals surface area contributed by atoms with Gasteiger partial charge in [-0.15, -0.1) is 0 Å². The van der Waals surface area contributed by atoms with Gasteiger partial charge in [-0.05, 0) is 20.3 Å². The topological polar surface area (TPSA) is 32.3 Å². The van der Waals surface area contributed by atoms with Crippen LogP contribution in [0.15, 0.2) is 0 Å². The Labute approximate surface area is 83.5 Å². The van der Waals surface area contributed by atoms with Gasteiger partial charge in [0.15, 0.2) is 0 Å². The van der Waals surface area contributed by atoms with Gasteiger partial charge in [-0.1, -0.05) is 6.92 Å². The molecule has 3 atom stereocenters. The lowest BCUT2D eigenvalue weighted by atomic mass is 10.2. The first-order chi connectivity index (χ1) is 6.13. The van der Waals surface area contributed by atoms with Crippen molar-refractivity contribution < 1.29 is 4.21 Å². The summed E-state index contributed by atoms with van der Waals surface area (Å²) < 4.78 is 13.8. The Morgan fingerprint density at radius 2 is 1.92 bits per heavy atom. The molecule has 0 aromatic carbocycles. The Morgan fingerprint density at radius 1 is 1.38 bits per heavy atom. The molecule has 0 aliphatic carbocycles. The average molecular weight is 204 g/mol. The van der Waals surface area contributed by atoms with Crippen molar-refractivity contribution in [3.8, 4) is 0 Å². The van der Waals surface area contributed by atoms with Gasteiger partial charge in [0.05, 0.1) is 11.0 Å². The van der Waals surface area contributed by atoms with Gasteiger partial charge in [0, 0.05) is 30.9 Å². The van der Waals surface area contributed by atoms with Gasteiger partial charge in [0.2, 0.25) is 0 Å². The molecule has 1 saturated heterocycles. The Hall–Kier alpha value is 0.0700. The molecule has 78 valence electrons. The first-order valence-electron chi connectivity index (χ1n) is 5.03. The number of nitrogens with one attached hydrogen (secondary N) is 1. The molecular formula is C9H20N2OS. The highest BCUT2D eigenvalue weighted by Gasteiger charge is 2.23. The molecule has 0 aromatic rings. The molecule has 4 heteroatoms. The van der Waals surface area contributed by atoms with Crippen molar-refractivity contribution >= 4 is 11.0 Å². The molecule has 1 aliphatic rings. The van der Waals surface area contributed by atoms with Crippen LogP contribution in [0.4, 0.5) is 0 Å². The predicted octanol–water partition coefficient (Wildman–Crippen LogP) is 0.742. The summed E-state index contributed by atoms with van der Waals surface area (Å²) in [4.78, 5) is 0. The van der Waals surface area contributed by atoms with E-state index in [9.17, 15) is 4.21 Å². The van der Waals surface area contributed by atoms with Crippen LogP contribution in [0.1, 0.15) is 27.2 Å². The van der Waals surface area contributed by atoms with E-state index < -0.39 is 11.0 Å². The molecule has 0 spiro atoms. The van der Waals surface area contributed by atoms with Crippen LogP contribution < -0.4 is 5.32 Å². The number of nitrogens with zero attached hydrogens (tertiary/aromatic N) is 1. The second-order valence-corrected chi connectivity index (χ2v) is 5.41. The van der Waals surface area contributed by atoms with Gasteiger partial charge < -0.3 is 5.32 Å². The molecule has 3 nitrogen and oxygen atoms in total. The van der Waals surface area contributed by atoms with E-state index in [0.717, 1.165) is 25.3 Å². The zero-order chi connectivity index (χ0) is 9.84. The highest BCUT2D eigenvalue weighted by atomic mass is 32.2. The van der Waals surface area contributed by atoms with Gasteiger partial charge in [0.25, 0.3) is 0 Å². The normalized spacial score (nSPS) is 33.2. The Balaban J connectivity index is 2.45. The van der Waals surface area contributed by atoms with E-state index in [2.05, 4.69) is 30.4 Å². The second kappa shape index (κ2) is 5.08. The minimum atomic E-state index is -0.755. The van der Waals surface area contributed by atoms with Gasteiger partial charge >= 0.3 is 0 Å². The smallest absolute Gasteiger partial charge is 0.0943 e. The second-order valence-electron chi connectivity index (χ2n) is 3.84. The van der Waals surface area contributed by atoms with Crippen molar-refractivity contribution in [2.24, 2.45) is 0 Å². The Kier molecular flexibility index (Phi) is 4.35. The monoisotopic (exact) mass is 204 g/mol. The third-order valence-corrected chi connectivity index (χ3v) is 3.82. The summed E-state index contributed by atoms with van der Waals surface area (Å²) in [5, 5.41) is 3.43. The minimum absolute atomic E-state index is 0.463. The predicted molar refractivity (Wildman–Crippen MR) is 56.9 cm³/mol. The highest BCUT2D eigenvalue weighted by Crippen LogP contribution is 2.07. The Morgan fingerprint density at radius 3 is 2.38 bits per heavy atom. The first kappa shape index (κ1) is 11.1. The van der Waals surface area contributed by atoms with Gasteiger partial charge in [-0.2, -0.15) is 0 Å². The third-order valence-electron chi connectivity index (χ3n) is 2.19. The molecule has 1 fully saturated rings. The van der Waals surface area contributed by atoms with Crippen LogP contribution >= 0.6 is 0 Å². The zero-order valence-electron chi connectivity index (χ0n) is 8.75. The molecule has 0 aromatic heterocycles. The van der Waals surface area contributed by atoms with E-state index in [0.29, 0.717) is 12.1 Å². The molecule has 1 heterocycles. The quantitative estimate of drug-likeness (QED) is 0.735. The molecule has 1 aliphatic heterocycles. The van der Waals surface area contributed by atoms with Crippen molar-refractivity contribution in [1.82, 2.24) is 9.62 Å². The summed E-state index contributed by atoms with van der Waals surface area (Å²) in [7, 11) is -0.755. The minimum Gasteiger partial charge on any atom is -0.309 e. The third kappa shape index (κ3) is 3.37. The lowest BCUT2D eigenvalue weighted by Crippen LogP contribution is -2.54. The van der Waals surface area contributed by atoms with Crippen LogP contribution in [0, 0.1) is 0 Å². The van der Waals surface area contributed by atoms with E-state index in [-0.39, 0.29) is 0 Å². The highest BCUT2D eigenvalue weighted by molar-refractivity contribution is 7.82. The molecular weight excluding hydrogens is 184 g/mol. The van der Waals surface area contributed by atoms with Crippen LogP contribution in [0.5, 0.6) is 0 Å². The van der Waals surface area contributed by atoms with Gasteiger partial charge in [0.1, 0.15) is 0 Å². The average Bonchev–Trinajstić information content (AvgIpc) is 2.03. The van der Waals surface area contributed by atoms with Crippen molar-refractivity contribution in [3.05, 3.63) is 0 Å². The summed E-state index contributed by atoms with van der Waals surface area (Å²) >= 11 is 0. The number of hydrogen-bond acceptors (Lipinski definition) is 2. The van der Waals surface area contributed by atoms with Crippen molar-refractivity contribution in [3.63, 3.8) is 0 Å². The molecule has 0 bridgehead atoms. The maximum Gasteiger partial charge on any atom is 0.0943 e. The zero-order valence-corrected chi connectivity index (χ0v) is 9.56. The first-order valence-corrected chi connectivity index (χ1v) is 6.30. The SMILES string of the molecule is CCCS(=O)N1CC(C)NC(C)C1. The fourth-order valence-corrected chi connectivity index (χ4v) is 3.13. The van der Waals surface area contributed by atoms with Crippen molar-refractivity contribution in [2.45, 2.75) is 39.3 Å². The summed E-state index contributed by atoms with van der Waals surface area (Å²) in [6, 6.07) is 0.925. The lowest BCUT2D eigenvalue weighted by Gasteiger charge is -2.34. The summed E-state index contributed by atoms with van der Waals surface area (Å²) in [5.41, 5.74) is 0. The van der Waals surface area contributed by atoms with Crippen LogP contribution in [-0.2, 0) is 11.0 Å². The molecule has 1 N–H and O–H groups in total. The fraction of sp³-hybridized carbons (Fsp3) is 1.00. The number of piperazine rings is 1. The van der Waals surface area contributed by atoms with Crippen LogP contribution in [-0.4, -0.2) is 39.4 Å². The maximum absolute atomic E-state index is 11.7. The van der Waals surface area contributed by atoms with E-state index in [1.807, 2.05) is 0 Å². The van der Waals surface area contributed by atoms with Crippen LogP contribution in [0.3, 0.4) is 0 Å². The lowest BCUT2D eigenvalue weighted by molar-refractivity contribution is 0.272. The largest absolute Gasteiger partial charge is 0.309 e. The Bertz CT molecular complexity index is 176. The standard InChI is InChI=1S/C9H20N2OS/c1-4-5-13(12)11-6-8(2)10-9(3)7-11/h8-10H,4-7H2,1-3H3. The van der Waals surface area contributed by atoms with Gasteiger partial charge in [-0.3, -0.25) is 0 Å². The molecule has 1 rings (SSSR count). The van der Waals surface area contributed by atoms with E-state index in [1.165, 1.54) is 0 Å². The van der Waals surface area contributed by atoms with Crippen molar-refractivity contribution in [1.29, 1.82) is 0 Å². The number of hydrogen-bond donors (Lipinski definition) is 1. The maximum atomic E-state index is 11.7. The molecule has 0 saturated carbocycles. The number of rotatable bonds is 3.